The van der Waals surface area contributed by atoms with Crippen LogP contribution in [0.25, 0.3) is 32.7 Å². The summed E-state index contributed by atoms with van der Waals surface area (Å²) in [6, 6.07) is 59.6. The molecule has 0 spiro atoms. The zero-order valence-corrected chi connectivity index (χ0v) is 23.5. The van der Waals surface area contributed by atoms with Crippen LogP contribution in [0.1, 0.15) is 0 Å². The van der Waals surface area contributed by atoms with Gasteiger partial charge >= 0.3 is 0 Å². The van der Waals surface area contributed by atoms with Gasteiger partial charge in [0.1, 0.15) is 11.2 Å². The molecule has 0 aliphatic carbocycles. The first kappa shape index (κ1) is 25.0. The Morgan fingerprint density at radius 2 is 0.698 bits per heavy atom. The summed E-state index contributed by atoms with van der Waals surface area (Å²) in [7, 11) is 0. The second-order valence-corrected chi connectivity index (χ2v) is 10.7. The van der Waals surface area contributed by atoms with E-state index in [1.807, 2.05) is 0 Å². The minimum atomic E-state index is 0.875. The van der Waals surface area contributed by atoms with Gasteiger partial charge in [-0.05, 0) is 95.7 Å². The predicted molar refractivity (Wildman–Crippen MR) is 181 cm³/mol. The fraction of sp³-hybridized carbons (Fsp3) is 0. The van der Waals surface area contributed by atoms with Gasteiger partial charge in [0.05, 0.1) is 0 Å². The maximum Gasteiger partial charge on any atom is 0.137 e. The Morgan fingerprint density at radius 3 is 1.23 bits per heavy atom. The van der Waals surface area contributed by atoms with Gasteiger partial charge in [0, 0.05) is 51.0 Å². The van der Waals surface area contributed by atoms with Crippen molar-refractivity contribution in [1.82, 2.24) is 0 Å². The van der Waals surface area contributed by atoms with Gasteiger partial charge in [0.15, 0.2) is 0 Å². The summed E-state index contributed by atoms with van der Waals surface area (Å²) in [5, 5.41) is 4.65. The van der Waals surface area contributed by atoms with Crippen molar-refractivity contribution < 1.29 is 4.42 Å². The van der Waals surface area contributed by atoms with Crippen molar-refractivity contribution in [1.29, 1.82) is 0 Å². The molecule has 0 unspecified atom stereocenters. The predicted octanol–water partition coefficient (Wildman–Crippen LogP) is 11.7. The van der Waals surface area contributed by atoms with Gasteiger partial charge in [0.25, 0.3) is 0 Å². The minimum absolute atomic E-state index is 0.875. The van der Waals surface area contributed by atoms with Gasteiger partial charge in [-0.25, -0.2) is 0 Å². The van der Waals surface area contributed by atoms with Crippen LogP contribution in [0.15, 0.2) is 174 Å². The Balaban J connectivity index is 1.23. The minimum Gasteiger partial charge on any atom is -0.456 e. The largest absolute Gasteiger partial charge is 0.456 e. The molecule has 1 heterocycles. The van der Waals surface area contributed by atoms with E-state index in [-0.39, 0.29) is 0 Å². The molecule has 0 atom stereocenters. The summed E-state index contributed by atoms with van der Waals surface area (Å²) in [5.41, 5.74) is 8.29. The molecule has 8 rings (SSSR count). The molecule has 0 bridgehead atoms. The third-order valence-electron chi connectivity index (χ3n) is 7.99. The molecule has 204 valence electrons. The lowest BCUT2D eigenvalue weighted by molar-refractivity contribution is 0.669. The Hall–Kier alpha value is -5.80. The summed E-state index contributed by atoms with van der Waals surface area (Å²) in [6.07, 6.45) is 0. The summed E-state index contributed by atoms with van der Waals surface area (Å²) >= 11 is 0. The summed E-state index contributed by atoms with van der Waals surface area (Å²) in [6.45, 7) is 0. The van der Waals surface area contributed by atoms with Crippen molar-refractivity contribution in [2.45, 2.75) is 0 Å². The Kier molecular flexibility index (Phi) is 6.12. The molecule has 0 saturated carbocycles. The topological polar surface area (TPSA) is 19.6 Å². The first-order valence-corrected chi connectivity index (χ1v) is 14.5. The molecule has 0 saturated heterocycles. The number of hydrogen-bond acceptors (Lipinski definition) is 3. The number of rotatable bonds is 6. The van der Waals surface area contributed by atoms with Crippen molar-refractivity contribution in [2.24, 2.45) is 0 Å². The average Bonchev–Trinajstić information content (AvgIpc) is 3.43. The van der Waals surface area contributed by atoms with Crippen LogP contribution in [0, 0.1) is 0 Å². The summed E-state index contributed by atoms with van der Waals surface area (Å²) < 4.78 is 6.44. The van der Waals surface area contributed by atoms with Crippen molar-refractivity contribution in [2.75, 3.05) is 9.80 Å². The molecular weight excluding hydrogens is 524 g/mol. The molecule has 0 radical (unpaired) electrons. The van der Waals surface area contributed by atoms with E-state index in [9.17, 15) is 0 Å². The Morgan fingerprint density at radius 1 is 0.302 bits per heavy atom. The molecule has 3 nitrogen and oxygen atoms in total. The van der Waals surface area contributed by atoms with E-state index in [2.05, 4.69) is 180 Å². The Labute approximate surface area is 250 Å². The smallest absolute Gasteiger partial charge is 0.137 e. The van der Waals surface area contributed by atoms with Crippen molar-refractivity contribution in [3.63, 3.8) is 0 Å². The molecule has 3 heteroatoms. The van der Waals surface area contributed by atoms with E-state index in [4.69, 9.17) is 4.42 Å². The van der Waals surface area contributed by atoms with Gasteiger partial charge in [0.2, 0.25) is 0 Å². The first-order valence-electron chi connectivity index (χ1n) is 14.5. The Bertz CT molecular complexity index is 2130. The number of nitrogens with zero attached hydrogens (tertiary/aromatic N) is 2. The van der Waals surface area contributed by atoms with Crippen LogP contribution in [-0.4, -0.2) is 0 Å². The van der Waals surface area contributed by atoms with E-state index >= 15 is 0 Å². The fourth-order valence-corrected chi connectivity index (χ4v) is 5.97. The molecule has 0 aliphatic heterocycles. The van der Waals surface area contributed by atoms with E-state index in [0.717, 1.165) is 56.1 Å². The third kappa shape index (κ3) is 4.58. The van der Waals surface area contributed by atoms with E-state index in [1.165, 1.54) is 10.8 Å². The normalized spacial score (nSPS) is 11.3. The van der Waals surface area contributed by atoms with Crippen LogP contribution >= 0.6 is 0 Å². The maximum absolute atomic E-state index is 6.44. The standard InChI is InChI=1S/C40H28N2O/c1-4-14-31(15-5-1)41(32-16-6-2-7-17-32)34-20-22-35(23-21-34)42(33-18-8-3-9-19-33)36-24-25-37-38-26-29-12-10-11-13-30(29)27-39(38)43-40(37)28-36/h1-28H. The highest BCUT2D eigenvalue weighted by atomic mass is 16.3. The van der Waals surface area contributed by atoms with Crippen LogP contribution < -0.4 is 9.80 Å². The lowest BCUT2D eigenvalue weighted by atomic mass is 10.1. The number of para-hydroxylation sites is 3. The highest BCUT2D eigenvalue weighted by Crippen LogP contribution is 2.41. The van der Waals surface area contributed by atoms with Gasteiger partial charge in [-0.3, -0.25) is 0 Å². The highest BCUT2D eigenvalue weighted by Gasteiger charge is 2.17. The molecule has 0 fully saturated rings. The van der Waals surface area contributed by atoms with Crippen LogP contribution in [0.3, 0.4) is 0 Å². The molecule has 0 aliphatic rings. The second kappa shape index (κ2) is 10.6. The molecule has 8 aromatic rings. The SMILES string of the molecule is c1ccc(N(c2ccccc2)c2ccc(N(c3ccccc3)c3ccc4c(c3)oc3cc5ccccc5cc34)cc2)cc1. The molecule has 1 aromatic heterocycles. The monoisotopic (exact) mass is 552 g/mol. The summed E-state index contributed by atoms with van der Waals surface area (Å²) in [5.74, 6) is 0. The lowest BCUT2D eigenvalue weighted by Gasteiger charge is -2.28. The number of anilines is 6. The van der Waals surface area contributed by atoms with Crippen molar-refractivity contribution in [3.8, 4) is 0 Å². The van der Waals surface area contributed by atoms with E-state index < -0.39 is 0 Å². The molecular formula is C40H28N2O. The van der Waals surface area contributed by atoms with Gasteiger partial charge < -0.3 is 14.2 Å². The van der Waals surface area contributed by atoms with Crippen molar-refractivity contribution >= 4 is 66.8 Å². The molecule has 0 N–H and O–H groups in total. The number of benzene rings is 7. The quantitative estimate of drug-likeness (QED) is 0.205. The number of fused-ring (bicyclic) bond motifs is 4. The van der Waals surface area contributed by atoms with Gasteiger partial charge in [-0.15, -0.1) is 0 Å². The number of furan rings is 1. The molecule has 7 aromatic carbocycles. The highest BCUT2D eigenvalue weighted by molar-refractivity contribution is 6.10. The zero-order valence-electron chi connectivity index (χ0n) is 23.5. The first-order chi connectivity index (χ1) is 21.3. The van der Waals surface area contributed by atoms with Crippen LogP contribution in [0.2, 0.25) is 0 Å². The van der Waals surface area contributed by atoms with Crippen LogP contribution in [0.5, 0.6) is 0 Å². The molecule has 43 heavy (non-hydrogen) atoms. The zero-order chi connectivity index (χ0) is 28.6. The maximum atomic E-state index is 6.44. The fourth-order valence-electron chi connectivity index (χ4n) is 5.97. The third-order valence-corrected chi connectivity index (χ3v) is 7.99. The van der Waals surface area contributed by atoms with Crippen LogP contribution in [-0.2, 0) is 0 Å². The van der Waals surface area contributed by atoms with E-state index in [1.54, 1.807) is 0 Å². The number of hydrogen-bond donors (Lipinski definition) is 0. The van der Waals surface area contributed by atoms with Gasteiger partial charge in [-0.1, -0.05) is 78.9 Å². The van der Waals surface area contributed by atoms with Crippen molar-refractivity contribution in [3.05, 3.63) is 170 Å². The lowest BCUT2D eigenvalue weighted by Crippen LogP contribution is -2.12. The summed E-state index contributed by atoms with van der Waals surface area (Å²) in [4.78, 5) is 4.56. The molecule has 0 amide bonds. The second-order valence-electron chi connectivity index (χ2n) is 10.7. The average molecular weight is 553 g/mol. The van der Waals surface area contributed by atoms with Gasteiger partial charge in [-0.2, -0.15) is 0 Å². The van der Waals surface area contributed by atoms with Crippen LogP contribution in [0.4, 0.5) is 34.1 Å². The van der Waals surface area contributed by atoms with E-state index in [0.29, 0.717) is 0 Å².